The summed E-state index contributed by atoms with van der Waals surface area (Å²) >= 11 is 6.04. The highest BCUT2D eigenvalue weighted by atomic mass is 35.5. The summed E-state index contributed by atoms with van der Waals surface area (Å²) in [4.78, 5) is 131. The zero-order chi connectivity index (χ0) is 99.1. The Labute approximate surface area is 784 Å². The van der Waals surface area contributed by atoms with Crippen molar-refractivity contribution in [3.05, 3.63) is 141 Å². The van der Waals surface area contributed by atoms with Crippen LogP contribution in [0.25, 0.3) is 0 Å². The van der Waals surface area contributed by atoms with Crippen LogP contribution in [0.5, 0.6) is 0 Å². The fourth-order valence-corrected chi connectivity index (χ4v) is 20.2. The summed E-state index contributed by atoms with van der Waals surface area (Å²) in [6.45, 7) is 2.99. The van der Waals surface area contributed by atoms with Gasteiger partial charge in [0.1, 0.15) is 27.7 Å². The van der Waals surface area contributed by atoms with Crippen LogP contribution in [-0.2, 0) is 92.6 Å². The van der Waals surface area contributed by atoms with E-state index in [2.05, 4.69) is 6.07 Å². The lowest BCUT2D eigenvalue weighted by Gasteiger charge is -2.28. The van der Waals surface area contributed by atoms with E-state index in [1.165, 1.54) is 28.2 Å². The van der Waals surface area contributed by atoms with E-state index < -0.39 is 140 Å². The molecule has 736 valence electrons. The van der Waals surface area contributed by atoms with Crippen LogP contribution in [-0.4, -0.2) is 294 Å². The van der Waals surface area contributed by atoms with Crippen molar-refractivity contribution in [2.24, 2.45) is 87.7 Å². The van der Waals surface area contributed by atoms with Gasteiger partial charge in [0.2, 0.25) is 29.5 Å². The molecule has 4 unspecified atom stereocenters. The van der Waals surface area contributed by atoms with Crippen LogP contribution in [0.1, 0.15) is 155 Å². The van der Waals surface area contributed by atoms with E-state index >= 15 is 0 Å². The van der Waals surface area contributed by atoms with E-state index in [4.69, 9.17) is 96.2 Å². The number of benzene rings is 4. The first-order chi connectivity index (χ1) is 63.0. The third kappa shape index (κ3) is 29.7. The second-order valence-corrected chi connectivity index (χ2v) is 38.1. The number of hydrogen-bond donors (Lipinski definition) is 21. The molecule has 14 atom stereocenters. The molecule has 134 heavy (non-hydrogen) atoms. The number of nitrogens with zero attached hydrogens (tertiary/aromatic N) is 5. The van der Waals surface area contributed by atoms with Gasteiger partial charge in [-0.1, -0.05) is 136 Å². The summed E-state index contributed by atoms with van der Waals surface area (Å²) in [6, 6.07) is 26.8. The van der Waals surface area contributed by atoms with Crippen LogP contribution in [0, 0.1) is 53.3 Å². The molecule has 0 radical (unpaired) electrons. The number of alkyl halides is 3. The second kappa shape index (κ2) is 49.6. The van der Waals surface area contributed by atoms with E-state index in [1.54, 1.807) is 19.6 Å². The van der Waals surface area contributed by atoms with Crippen molar-refractivity contribution in [2.45, 2.75) is 226 Å². The number of aliphatic carboxylic acids is 5. The molecule has 4 aromatic carbocycles. The van der Waals surface area contributed by atoms with Gasteiger partial charge in [0.15, 0.2) is 0 Å². The normalized spacial score (nSPS) is 25.6. The van der Waals surface area contributed by atoms with Gasteiger partial charge in [-0.2, -0.15) is 13.2 Å². The zero-order valence-corrected chi connectivity index (χ0v) is 76.5. The van der Waals surface area contributed by atoms with Crippen LogP contribution >= 0.6 is 11.6 Å². The summed E-state index contributed by atoms with van der Waals surface area (Å²) in [7, 11) is -7.17. The summed E-state index contributed by atoms with van der Waals surface area (Å²) < 4.78 is 37.9. The first-order valence-corrected chi connectivity index (χ1v) is 46.5. The smallest absolute Gasteiger partial charge is 0.451 e. The first kappa shape index (κ1) is 111. The minimum Gasteiger partial charge on any atom is -0.480 e. The number of likely N-dealkylation sites (tertiary alicyclic amines) is 5. The predicted octanol–water partition coefficient (Wildman–Crippen LogP) is 1.71. The number of carboxylic acid groups (broad SMARTS) is 5. The van der Waals surface area contributed by atoms with Gasteiger partial charge in [0.25, 0.3) is 0 Å². The molecule has 1 saturated carbocycles. The van der Waals surface area contributed by atoms with Crippen LogP contribution in [0.3, 0.4) is 0 Å². The molecule has 6 fully saturated rings. The van der Waals surface area contributed by atoms with E-state index in [0.717, 1.165) is 73.8 Å². The predicted molar refractivity (Wildman–Crippen MR) is 492 cm³/mol. The average molecular weight is 1900 g/mol. The van der Waals surface area contributed by atoms with E-state index in [9.17, 15) is 86.6 Å². The molecule has 45 heteroatoms. The lowest BCUT2D eigenvalue weighted by molar-refractivity contribution is -0.146. The zero-order valence-electron chi connectivity index (χ0n) is 75.8. The molecule has 4 aromatic rings. The number of carbonyl (C=O) groups excluding carboxylic acids is 5. The van der Waals surface area contributed by atoms with Gasteiger partial charge >= 0.3 is 71.6 Å². The molecule has 8 aliphatic rings. The molecule has 5 amide bonds. The molecule has 5 aliphatic heterocycles. The molecule has 0 bridgehead atoms. The molecule has 27 N–H and O–H groups in total. The van der Waals surface area contributed by atoms with Gasteiger partial charge in [-0.05, 0) is 192 Å². The van der Waals surface area contributed by atoms with Gasteiger partial charge in [-0.3, -0.25) is 47.9 Å². The Kier molecular flexibility index (Phi) is 40.9. The standard InChI is InChI=1S/C19H26BClN2O5.C19H27BN2O5.C19H29BN2O5.C18H25BF3N3O5.C14H25BN2O5/c21-16-6-5-12-8-14(4-3-13(12)9-16)17(24)23-10-15(2-1-7-20(27)28)19(22,11-23)18(25)26;21-19(18(24)25)12-22(11-16(19)6-3-9-20(26)27)17(23)15-8-7-13-4-1-2-5-14(13)10-15;1-2-15(11-14-7-4-3-5-8-14)17(23)22-12-16(9-6-10-20(26)27)19(21,13-22)18(24)25;20-18(21,22)12-5-3-11(4-6-12)8-14(23)15(26)25-9-13(2-1-7-19(29)30)17(24,10-25)16(27)28;16-14(13(19)20)9-17(12(18)10-4-1-2-5-10)8-11(14)6-3-7-15(21)22/h5-6,9,14-15,27-28H,1-4,7-8,10-11,22H2,(H,25,26);1-2,4-5,15-16,26-27H,3,6-12,21H2,(H,24,25);3-5,7-8,15-16,26-27H,2,6,9-13,21H2,1H3,(H,24,25);3-6,13-14,29-30H,1-2,7-10,23-24H2,(H,27,28);10-11,21-22H,1-9,16H2,(H,19,20)/t14?,15-,19-;2*15?,16-,19-;13-,14?,17-;11-,14-/m00000/s1. The van der Waals surface area contributed by atoms with E-state index in [0.29, 0.717) is 114 Å². The van der Waals surface area contributed by atoms with Crippen molar-refractivity contribution >= 4 is 107 Å². The van der Waals surface area contributed by atoms with Gasteiger partial charge in [0, 0.05) is 124 Å². The fourth-order valence-electron chi connectivity index (χ4n) is 20.0. The maximum Gasteiger partial charge on any atom is 0.451 e. The largest absolute Gasteiger partial charge is 0.480 e. The second-order valence-electron chi connectivity index (χ2n) is 37.7. The number of amides is 5. The Morgan fingerprint density at radius 1 is 0.403 bits per heavy atom. The molecule has 36 nitrogen and oxygen atoms in total. The SMILES string of the molecule is CCC(Cc1ccccc1)C(=O)N1C[C@H](CCCB(O)O)[C@](N)(C(=O)O)C1.NC(Cc1ccc(C(F)(F)F)cc1)C(=O)N1C[C@H](CCCB(O)O)[C@](N)(C(=O)O)C1.N[C@@]1(C(=O)O)CN(C(=O)C2CCCC2)C[C@@H]1CCCB(O)O.N[C@@]1(C(=O)O)CN(C(=O)C2CCc3cc(Cl)ccc3C2)C[C@@H]1CCCB(O)O.N[C@@]1(C(=O)O)CN(C(=O)C2CCc3ccccc3C2)C[C@@H]1CCCB(O)O. The van der Waals surface area contributed by atoms with Gasteiger partial charge in [-0.15, -0.1) is 0 Å². The third-order valence-electron chi connectivity index (χ3n) is 28.1. The van der Waals surface area contributed by atoms with Crippen molar-refractivity contribution in [2.75, 3.05) is 65.4 Å². The quantitative estimate of drug-likeness (QED) is 0.0292. The first-order valence-electron chi connectivity index (χ1n) is 46.1. The summed E-state index contributed by atoms with van der Waals surface area (Å²) in [5, 5.41) is 138. The number of halogens is 4. The number of aryl methyl sites for hydroxylation is 2. The van der Waals surface area contributed by atoms with Crippen LogP contribution in [0.15, 0.2) is 97.1 Å². The minimum absolute atomic E-state index is 0.00561. The Hall–Kier alpha value is -8.66. The number of carbonyl (C=O) groups is 10. The third-order valence-corrected chi connectivity index (χ3v) is 28.3. The topological polar surface area (TPSA) is 646 Å². The van der Waals surface area contributed by atoms with Crippen LogP contribution in [0.4, 0.5) is 13.2 Å². The Morgan fingerprint density at radius 3 is 1.07 bits per heavy atom. The van der Waals surface area contributed by atoms with Crippen LogP contribution < -0.4 is 34.4 Å². The Bertz CT molecular complexity index is 4550. The Morgan fingerprint density at radius 2 is 0.716 bits per heavy atom. The minimum atomic E-state index is -4.46. The number of carboxylic acids is 5. The summed E-state index contributed by atoms with van der Waals surface area (Å²) in [6.07, 6.45) is 9.90. The summed E-state index contributed by atoms with van der Waals surface area (Å²) in [5.41, 5.74) is 34.4. The number of hydrogen-bond acceptors (Lipinski definition) is 26. The molecule has 12 rings (SSSR count). The van der Waals surface area contributed by atoms with Gasteiger partial charge < -0.3 is 135 Å². The monoisotopic (exact) mass is 1900 g/mol. The van der Waals surface area contributed by atoms with Gasteiger partial charge in [0.05, 0.1) is 11.6 Å². The maximum absolute atomic E-state index is 13.1. The van der Waals surface area contributed by atoms with E-state index in [-0.39, 0.29) is 150 Å². The molecular weight excluding hydrogens is 1770 g/mol. The fraction of sp³-hybridized carbons (Fsp3) is 0.618. The lowest BCUT2D eigenvalue weighted by atomic mass is 9.78. The Balaban J connectivity index is 0.000000207. The van der Waals surface area contributed by atoms with Crippen molar-refractivity contribution in [3.8, 4) is 0 Å². The van der Waals surface area contributed by atoms with E-state index in [1.807, 2.05) is 73.7 Å². The average Bonchev–Trinajstić information content (AvgIpc) is 1.65. The molecule has 3 aliphatic carbocycles. The molecule has 5 heterocycles. The summed E-state index contributed by atoms with van der Waals surface area (Å²) in [5.74, 6) is -9.10. The van der Waals surface area contributed by atoms with Crippen molar-refractivity contribution in [1.29, 1.82) is 0 Å². The molecule has 0 spiro atoms. The number of rotatable bonds is 35. The van der Waals surface area contributed by atoms with Crippen molar-refractivity contribution < 1.29 is 137 Å². The highest BCUT2D eigenvalue weighted by Gasteiger charge is 2.57. The number of fused-ring (bicyclic) bond motifs is 2. The highest BCUT2D eigenvalue weighted by molar-refractivity contribution is 6.42. The number of nitrogens with two attached hydrogens (primary N) is 6. The van der Waals surface area contributed by atoms with Crippen LogP contribution in [0.2, 0.25) is 36.6 Å². The molecular formula is C89H132B5ClF3N11O25. The molecule has 0 aromatic heterocycles. The van der Waals surface area contributed by atoms with Crippen molar-refractivity contribution in [3.63, 3.8) is 0 Å². The maximum atomic E-state index is 13.1. The molecule has 5 saturated heterocycles. The lowest BCUT2D eigenvalue weighted by Crippen LogP contribution is -2.55. The van der Waals surface area contributed by atoms with Crippen molar-refractivity contribution in [1.82, 2.24) is 24.5 Å². The highest BCUT2D eigenvalue weighted by Crippen LogP contribution is 2.41. The van der Waals surface area contributed by atoms with Gasteiger partial charge in [-0.25, -0.2) is 0 Å².